The first kappa shape index (κ1) is 14.7. The average Bonchev–Trinajstić information content (AvgIpc) is 2.80. The van der Waals surface area contributed by atoms with E-state index in [0.717, 1.165) is 0 Å². The average molecular weight is 343 g/mol. The molecule has 7 nitrogen and oxygen atoms in total. The lowest BCUT2D eigenvalue weighted by Crippen LogP contribution is -2.35. The predicted molar refractivity (Wildman–Crippen MR) is 74.8 cm³/mol. The van der Waals surface area contributed by atoms with E-state index in [1.54, 1.807) is 18.2 Å². The van der Waals surface area contributed by atoms with Crippen molar-refractivity contribution in [1.82, 2.24) is 10.3 Å². The van der Waals surface area contributed by atoms with Crippen LogP contribution < -0.4 is 10.6 Å². The molecule has 106 valence electrons. The number of nitrogens with one attached hydrogen (secondary N) is 2. The zero-order valence-corrected chi connectivity index (χ0v) is 12.0. The topological polar surface area (TPSA) is 103 Å². The van der Waals surface area contributed by atoms with E-state index in [-0.39, 0.29) is 25.4 Å². The van der Waals surface area contributed by atoms with Gasteiger partial charge in [0.1, 0.15) is 16.1 Å². The molecule has 2 heterocycles. The van der Waals surface area contributed by atoms with Gasteiger partial charge in [0.15, 0.2) is 0 Å². The van der Waals surface area contributed by atoms with Gasteiger partial charge in [-0.25, -0.2) is 9.37 Å². The van der Waals surface area contributed by atoms with E-state index in [1.807, 2.05) is 0 Å². The Morgan fingerprint density at radius 3 is 3.25 bits per heavy atom. The van der Waals surface area contributed by atoms with Gasteiger partial charge in [0.25, 0.3) is 0 Å². The number of rotatable bonds is 4. The van der Waals surface area contributed by atoms with E-state index >= 15 is 0 Å². The molecule has 2 unspecified atom stereocenters. The fraction of sp³-hybridized carbons (Fsp3) is 0.455. The lowest BCUT2D eigenvalue weighted by atomic mass is 10.0. The van der Waals surface area contributed by atoms with Crippen LogP contribution in [0.1, 0.15) is 6.42 Å². The number of halogens is 2. The Morgan fingerprint density at radius 2 is 2.55 bits per heavy atom. The minimum atomic E-state index is -1.68. The van der Waals surface area contributed by atoms with E-state index in [4.69, 9.17) is 5.53 Å². The highest BCUT2D eigenvalue weighted by atomic mass is 79.9. The number of carbonyl (C=O) groups excluding carboxylic acids is 1. The third-order valence-corrected chi connectivity index (χ3v) is 3.38. The Balaban J connectivity index is 1.96. The highest BCUT2D eigenvalue weighted by Gasteiger charge is 2.41. The Bertz CT molecular complexity index is 564. The maximum Gasteiger partial charge on any atom is 0.242 e. The lowest BCUT2D eigenvalue weighted by Gasteiger charge is -2.15. The second kappa shape index (κ2) is 6.17. The molecule has 1 aliphatic rings. The Morgan fingerprint density at radius 1 is 1.75 bits per heavy atom. The Labute approximate surface area is 122 Å². The quantitative estimate of drug-likeness (QED) is 0.379. The monoisotopic (exact) mass is 342 g/mol. The third-order valence-electron chi connectivity index (χ3n) is 2.94. The molecule has 0 aromatic carbocycles. The van der Waals surface area contributed by atoms with Gasteiger partial charge in [0.2, 0.25) is 5.91 Å². The molecule has 0 radical (unpaired) electrons. The largest absolute Gasteiger partial charge is 0.309 e. The summed E-state index contributed by atoms with van der Waals surface area (Å²) in [5, 5.41) is 8.62. The molecule has 2 N–H and O–H groups in total. The van der Waals surface area contributed by atoms with Crippen LogP contribution in [0.2, 0.25) is 0 Å². The summed E-state index contributed by atoms with van der Waals surface area (Å²) < 4.78 is 14.8. The van der Waals surface area contributed by atoms with Crippen molar-refractivity contribution in [3.05, 3.63) is 33.2 Å². The molecule has 1 amide bonds. The number of amides is 1. The molecular formula is C11H12BrFN6O. The zero-order chi connectivity index (χ0) is 14.6. The van der Waals surface area contributed by atoms with Gasteiger partial charge < -0.3 is 10.6 Å². The van der Waals surface area contributed by atoms with Crippen LogP contribution in [0.3, 0.4) is 0 Å². The fourth-order valence-electron chi connectivity index (χ4n) is 1.97. The molecule has 1 fully saturated rings. The minimum Gasteiger partial charge on any atom is -0.309 e. The molecule has 1 aliphatic heterocycles. The minimum absolute atomic E-state index is 0.0178. The summed E-state index contributed by atoms with van der Waals surface area (Å²) in [6, 6.07) is 4.43. The Hall–Kier alpha value is -1.70. The van der Waals surface area contributed by atoms with Crippen molar-refractivity contribution < 1.29 is 9.18 Å². The van der Waals surface area contributed by atoms with E-state index in [9.17, 15) is 9.18 Å². The number of aromatic nitrogens is 1. The van der Waals surface area contributed by atoms with Crippen molar-refractivity contribution in [2.45, 2.75) is 18.1 Å². The summed E-state index contributed by atoms with van der Waals surface area (Å²) in [5.41, 5.74) is 6.53. The van der Waals surface area contributed by atoms with Gasteiger partial charge in [-0.05, 0) is 33.6 Å². The second-order valence-corrected chi connectivity index (χ2v) is 5.32. The van der Waals surface area contributed by atoms with Gasteiger partial charge in [-0.2, -0.15) is 0 Å². The number of anilines is 1. The molecule has 20 heavy (non-hydrogen) atoms. The van der Waals surface area contributed by atoms with Crippen molar-refractivity contribution in [3.8, 4) is 0 Å². The molecular weight excluding hydrogens is 331 g/mol. The molecule has 0 saturated carbocycles. The number of azide groups is 1. The summed E-state index contributed by atoms with van der Waals surface area (Å²) in [4.78, 5) is 18.6. The van der Waals surface area contributed by atoms with Crippen LogP contribution in [0.4, 0.5) is 10.2 Å². The van der Waals surface area contributed by atoms with Crippen LogP contribution in [0, 0.1) is 0 Å². The smallest absolute Gasteiger partial charge is 0.242 e. The first-order valence-electron chi connectivity index (χ1n) is 5.89. The maximum absolute atomic E-state index is 14.2. The summed E-state index contributed by atoms with van der Waals surface area (Å²) >= 11 is 3.20. The maximum atomic E-state index is 14.2. The molecule has 1 aromatic heterocycles. The number of pyridine rings is 1. The van der Waals surface area contributed by atoms with Crippen molar-refractivity contribution >= 4 is 27.7 Å². The van der Waals surface area contributed by atoms with Gasteiger partial charge >= 0.3 is 0 Å². The van der Waals surface area contributed by atoms with Gasteiger partial charge in [-0.15, -0.1) is 0 Å². The van der Waals surface area contributed by atoms with Crippen LogP contribution in [-0.4, -0.2) is 35.7 Å². The summed E-state index contributed by atoms with van der Waals surface area (Å²) in [5.74, 6) is 0.0219. The molecule has 1 aromatic rings. The Kier molecular flexibility index (Phi) is 4.53. The van der Waals surface area contributed by atoms with Crippen LogP contribution in [0.5, 0.6) is 0 Å². The lowest BCUT2D eigenvalue weighted by molar-refractivity contribution is -0.118. The highest BCUT2D eigenvalue weighted by molar-refractivity contribution is 9.10. The normalized spacial score (nSPS) is 25.0. The van der Waals surface area contributed by atoms with E-state index in [0.29, 0.717) is 10.4 Å². The van der Waals surface area contributed by atoms with Gasteiger partial charge in [0.05, 0.1) is 12.6 Å². The molecule has 2 atom stereocenters. The number of alkyl halides is 1. The van der Waals surface area contributed by atoms with Gasteiger partial charge in [-0.3, -0.25) is 4.79 Å². The molecule has 0 spiro atoms. The van der Waals surface area contributed by atoms with Crippen LogP contribution >= 0.6 is 15.9 Å². The van der Waals surface area contributed by atoms with E-state index in [2.05, 4.69) is 41.6 Å². The molecule has 0 aliphatic carbocycles. The first-order valence-corrected chi connectivity index (χ1v) is 6.68. The molecule has 0 bridgehead atoms. The zero-order valence-electron chi connectivity index (χ0n) is 10.4. The summed E-state index contributed by atoms with van der Waals surface area (Å²) in [6.07, 6.45) is -0.0359. The third kappa shape index (κ3) is 3.66. The summed E-state index contributed by atoms with van der Waals surface area (Å²) in [7, 11) is 0. The number of carbonyl (C=O) groups is 1. The highest BCUT2D eigenvalue weighted by Crippen LogP contribution is 2.25. The van der Waals surface area contributed by atoms with Crippen molar-refractivity contribution in [3.63, 3.8) is 0 Å². The predicted octanol–water partition coefficient (Wildman–Crippen LogP) is 2.16. The fourth-order valence-corrected chi connectivity index (χ4v) is 2.32. The molecule has 2 rings (SSSR count). The van der Waals surface area contributed by atoms with Crippen molar-refractivity contribution in [2.24, 2.45) is 5.11 Å². The van der Waals surface area contributed by atoms with Crippen molar-refractivity contribution in [2.75, 3.05) is 18.4 Å². The summed E-state index contributed by atoms with van der Waals surface area (Å²) in [6.45, 7) is -0.300. The van der Waals surface area contributed by atoms with E-state index in [1.165, 1.54) is 0 Å². The SMILES string of the molecule is [N-]=[N+]=NCC1(F)CNC(C(=O)Nc2cccc(Br)n2)C1. The standard InChI is InChI=1S/C11H12BrFN6O/c12-8-2-1-3-9(17-8)18-10(20)7-4-11(13,5-15-7)6-16-19-14/h1-3,7,15H,4-6H2,(H,17,18,20). The number of hydrogen-bond donors (Lipinski definition) is 2. The number of hydrogen-bond acceptors (Lipinski definition) is 4. The second-order valence-electron chi connectivity index (χ2n) is 4.51. The van der Waals surface area contributed by atoms with Gasteiger partial charge in [0, 0.05) is 17.9 Å². The van der Waals surface area contributed by atoms with Gasteiger partial charge in [-0.1, -0.05) is 11.2 Å². The van der Waals surface area contributed by atoms with Crippen LogP contribution in [0.25, 0.3) is 10.4 Å². The molecule has 1 saturated heterocycles. The van der Waals surface area contributed by atoms with Crippen molar-refractivity contribution in [1.29, 1.82) is 0 Å². The number of nitrogens with zero attached hydrogens (tertiary/aromatic N) is 4. The van der Waals surface area contributed by atoms with E-state index < -0.39 is 11.7 Å². The van der Waals surface area contributed by atoms with Crippen LogP contribution in [-0.2, 0) is 4.79 Å². The van der Waals surface area contributed by atoms with Crippen LogP contribution in [0.15, 0.2) is 27.9 Å². The first-order chi connectivity index (χ1) is 9.52. The molecule has 9 heteroatoms.